The summed E-state index contributed by atoms with van der Waals surface area (Å²) in [7, 11) is 0. The first-order valence-electron chi connectivity index (χ1n) is 7.12. The molecule has 0 radical (unpaired) electrons. The molecule has 23 heavy (non-hydrogen) atoms. The summed E-state index contributed by atoms with van der Waals surface area (Å²) in [6.07, 6.45) is 2.56. The van der Waals surface area contributed by atoms with Crippen molar-refractivity contribution in [3.8, 4) is 0 Å². The second kappa shape index (κ2) is 6.91. The lowest BCUT2D eigenvalue weighted by Gasteiger charge is -2.12. The van der Waals surface area contributed by atoms with Crippen molar-refractivity contribution in [3.05, 3.63) is 34.1 Å². The third kappa shape index (κ3) is 3.42. The Hall–Kier alpha value is -2.22. The van der Waals surface area contributed by atoms with E-state index in [4.69, 9.17) is 11.6 Å². The van der Waals surface area contributed by atoms with Crippen molar-refractivity contribution in [2.75, 3.05) is 0 Å². The Balaban J connectivity index is 2.05. The molecule has 1 unspecified atom stereocenters. The zero-order valence-electron chi connectivity index (χ0n) is 13.3. The minimum absolute atomic E-state index is 0.203. The molecule has 2 aromatic heterocycles. The molecule has 124 valence electrons. The number of nitrogens with zero attached hydrogens (tertiary/aromatic N) is 5. The molecule has 0 bridgehead atoms. The molecule has 0 aromatic carbocycles. The van der Waals surface area contributed by atoms with Crippen LogP contribution in [0.15, 0.2) is 11.3 Å². The van der Waals surface area contributed by atoms with E-state index < -0.39 is 12.0 Å². The van der Waals surface area contributed by atoms with E-state index in [0.29, 0.717) is 23.0 Å². The number of halogens is 2. The Kier molecular flexibility index (Phi) is 5.15. The summed E-state index contributed by atoms with van der Waals surface area (Å²) in [5.41, 5.74) is 3.92. The van der Waals surface area contributed by atoms with E-state index in [1.807, 2.05) is 0 Å². The van der Waals surface area contributed by atoms with Gasteiger partial charge in [-0.05, 0) is 27.7 Å². The summed E-state index contributed by atoms with van der Waals surface area (Å²) in [6, 6.07) is -0.596. The molecule has 0 saturated heterocycles. The van der Waals surface area contributed by atoms with Gasteiger partial charge in [-0.2, -0.15) is 19.7 Å². The van der Waals surface area contributed by atoms with Crippen molar-refractivity contribution in [2.24, 2.45) is 5.10 Å². The SMILES string of the molecule is CCn1ncc(/C=N/NC(=O)C(C)n2nc(C)c(Cl)c2C)c1F. The number of hydrogen-bond acceptors (Lipinski definition) is 4. The van der Waals surface area contributed by atoms with Gasteiger partial charge in [0.1, 0.15) is 6.04 Å². The molecule has 1 amide bonds. The maximum Gasteiger partial charge on any atom is 0.264 e. The lowest BCUT2D eigenvalue weighted by atomic mass is 10.3. The van der Waals surface area contributed by atoms with Gasteiger partial charge in [0.15, 0.2) is 0 Å². The maximum absolute atomic E-state index is 13.7. The van der Waals surface area contributed by atoms with Crippen molar-refractivity contribution in [3.63, 3.8) is 0 Å². The quantitative estimate of drug-likeness (QED) is 0.669. The van der Waals surface area contributed by atoms with Crippen molar-refractivity contribution < 1.29 is 9.18 Å². The van der Waals surface area contributed by atoms with Gasteiger partial charge in [0.25, 0.3) is 5.91 Å². The maximum atomic E-state index is 13.7. The van der Waals surface area contributed by atoms with Gasteiger partial charge in [0.2, 0.25) is 5.95 Å². The fourth-order valence-corrected chi connectivity index (χ4v) is 2.21. The summed E-state index contributed by atoms with van der Waals surface area (Å²) < 4.78 is 16.5. The summed E-state index contributed by atoms with van der Waals surface area (Å²) in [4.78, 5) is 12.1. The fourth-order valence-electron chi connectivity index (χ4n) is 2.08. The number of rotatable bonds is 5. The second-order valence-corrected chi connectivity index (χ2v) is 5.42. The molecule has 0 fully saturated rings. The van der Waals surface area contributed by atoms with Crippen LogP contribution in [0.4, 0.5) is 4.39 Å². The predicted octanol–water partition coefficient (Wildman–Crippen LogP) is 2.22. The van der Waals surface area contributed by atoms with Crippen LogP contribution in [0.25, 0.3) is 0 Å². The molecular formula is C14H18ClFN6O. The van der Waals surface area contributed by atoms with E-state index >= 15 is 0 Å². The standard InChI is InChI=1S/C14H18ClFN6O/c1-5-21-13(16)11(7-18-21)6-17-19-14(23)10(4)22-9(3)12(15)8(2)20-22/h6-7,10H,5H2,1-4H3,(H,19,23)/b17-6+. The average Bonchev–Trinajstić information content (AvgIpc) is 3.01. The van der Waals surface area contributed by atoms with E-state index in [-0.39, 0.29) is 11.5 Å². The minimum atomic E-state index is -0.596. The van der Waals surface area contributed by atoms with E-state index in [9.17, 15) is 9.18 Å². The fraction of sp³-hybridized carbons (Fsp3) is 0.429. The van der Waals surface area contributed by atoms with Crippen LogP contribution in [-0.4, -0.2) is 31.7 Å². The second-order valence-electron chi connectivity index (χ2n) is 5.05. The largest absolute Gasteiger partial charge is 0.271 e. The van der Waals surface area contributed by atoms with Crippen molar-refractivity contribution in [1.82, 2.24) is 25.0 Å². The first kappa shape index (κ1) is 17.1. The van der Waals surface area contributed by atoms with Gasteiger partial charge in [0.05, 0.1) is 34.4 Å². The molecule has 1 atom stereocenters. The average molecular weight is 341 g/mol. The van der Waals surface area contributed by atoms with Gasteiger partial charge in [0, 0.05) is 6.54 Å². The van der Waals surface area contributed by atoms with Crippen LogP contribution < -0.4 is 5.43 Å². The number of hydrogen-bond donors (Lipinski definition) is 1. The molecule has 7 nitrogen and oxygen atoms in total. The molecular weight excluding hydrogens is 323 g/mol. The third-order valence-corrected chi connectivity index (χ3v) is 4.01. The zero-order valence-corrected chi connectivity index (χ0v) is 14.1. The van der Waals surface area contributed by atoms with Crippen molar-refractivity contribution in [2.45, 2.75) is 40.3 Å². The first-order valence-corrected chi connectivity index (χ1v) is 7.50. The smallest absolute Gasteiger partial charge is 0.264 e. The molecule has 2 rings (SSSR count). The highest BCUT2D eigenvalue weighted by Crippen LogP contribution is 2.22. The van der Waals surface area contributed by atoms with Crippen LogP contribution in [0.2, 0.25) is 5.02 Å². The summed E-state index contributed by atoms with van der Waals surface area (Å²) in [6.45, 7) is 7.42. The monoisotopic (exact) mass is 340 g/mol. The van der Waals surface area contributed by atoms with E-state index in [1.54, 1.807) is 27.7 Å². The molecule has 0 aliphatic heterocycles. The molecule has 1 N–H and O–H groups in total. The number of amides is 1. The van der Waals surface area contributed by atoms with Gasteiger partial charge in [-0.25, -0.2) is 10.1 Å². The van der Waals surface area contributed by atoms with Gasteiger partial charge in [-0.15, -0.1) is 0 Å². The zero-order chi connectivity index (χ0) is 17.1. The summed E-state index contributed by atoms with van der Waals surface area (Å²) in [5, 5.41) is 12.4. The lowest BCUT2D eigenvalue weighted by Crippen LogP contribution is -2.28. The molecule has 2 heterocycles. The van der Waals surface area contributed by atoms with Gasteiger partial charge < -0.3 is 0 Å². The molecule has 0 aliphatic rings. The van der Waals surface area contributed by atoms with Crippen LogP contribution in [-0.2, 0) is 11.3 Å². The molecule has 0 aliphatic carbocycles. The van der Waals surface area contributed by atoms with Crippen LogP contribution in [0.1, 0.15) is 36.8 Å². The topological polar surface area (TPSA) is 77.1 Å². The van der Waals surface area contributed by atoms with Crippen LogP contribution >= 0.6 is 11.6 Å². The van der Waals surface area contributed by atoms with E-state index in [1.165, 1.54) is 21.8 Å². The Bertz CT molecular complexity index is 751. The number of aryl methyl sites for hydroxylation is 2. The third-order valence-electron chi connectivity index (χ3n) is 3.46. The summed E-state index contributed by atoms with van der Waals surface area (Å²) >= 11 is 6.07. The number of carbonyl (C=O) groups excluding carboxylic acids is 1. The normalized spacial score (nSPS) is 12.8. The highest BCUT2D eigenvalue weighted by molar-refractivity contribution is 6.31. The molecule has 0 spiro atoms. The Morgan fingerprint density at radius 3 is 2.78 bits per heavy atom. The molecule has 2 aromatic rings. The highest BCUT2D eigenvalue weighted by Gasteiger charge is 2.20. The Labute approximate surface area is 138 Å². The number of nitrogens with one attached hydrogen (secondary N) is 1. The summed E-state index contributed by atoms with van der Waals surface area (Å²) in [5.74, 6) is -0.879. The number of hydrazone groups is 1. The van der Waals surface area contributed by atoms with Crippen molar-refractivity contribution >= 4 is 23.7 Å². The Morgan fingerprint density at radius 2 is 2.26 bits per heavy atom. The van der Waals surface area contributed by atoms with Gasteiger partial charge >= 0.3 is 0 Å². The lowest BCUT2D eigenvalue weighted by molar-refractivity contribution is -0.124. The molecule has 9 heteroatoms. The minimum Gasteiger partial charge on any atom is -0.271 e. The number of aromatic nitrogens is 4. The first-order chi connectivity index (χ1) is 10.9. The van der Waals surface area contributed by atoms with Crippen LogP contribution in [0.3, 0.4) is 0 Å². The van der Waals surface area contributed by atoms with Crippen LogP contribution in [0.5, 0.6) is 0 Å². The number of carbonyl (C=O) groups is 1. The van der Waals surface area contributed by atoms with E-state index in [2.05, 4.69) is 20.7 Å². The van der Waals surface area contributed by atoms with E-state index in [0.717, 1.165) is 0 Å². The Morgan fingerprint density at radius 1 is 1.57 bits per heavy atom. The van der Waals surface area contributed by atoms with Crippen molar-refractivity contribution in [1.29, 1.82) is 0 Å². The van der Waals surface area contributed by atoms with Gasteiger partial charge in [-0.1, -0.05) is 11.6 Å². The molecule has 0 saturated carbocycles. The van der Waals surface area contributed by atoms with Crippen LogP contribution in [0, 0.1) is 19.8 Å². The highest BCUT2D eigenvalue weighted by atomic mass is 35.5. The van der Waals surface area contributed by atoms with Gasteiger partial charge in [-0.3, -0.25) is 9.48 Å². The predicted molar refractivity (Wildman–Crippen MR) is 85.0 cm³/mol.